The Morgan fingerprint density at radius 3 is 1.15 bits per heavy atom. The molecule has 0 saturated carbocycles. The summed E-state index contributed by atoms with van der Waals surface area (Å²) in [6.07, 6.45) is 0. The van der Waals surface area contributed by atoms with Gasteiger partial charge in [0.25, 0.3) is 0 Å². The highest BCUT2D eigenvalue weighted by Gasteiger charge is 2.48. The molecule has 2 nitrogen and oxygen atoms in total. The molecule has 9 rings (SSSR count). The van der Waals surface area contributed by atoms with Gasteiger partial charge in [0.05, 0.1) is 5.41 Å². The van der Waals surface area contributed by atoms with Crippen LogP contribution >= 0.6 is 0 Å². The molecule has 2 N–H and O–H groups in total. The van der Waals surface area contributed by atoms with Crippen LogP contribution in [0.2, 0.25) is 0 Å². The monoisotopic (exact) mass is 602 g/mol. The summed E-state index contributed by atoms with van der Waals surface area (Å²) in [6, 6.07) is 58.9. The fraction of sp³-hybridized carbons (Fsp3) is 0.0222. The van der Waals surface area contributed by atoms with Crippen LogP contribution in [0.1, 0.15) is 22.3 Å². The van der Waals surface area contributed by atoms with E-state index in [1.807, 2.05) is 36.4 Å². The van der Waals surface area contributed by atoms with Crippen LogP contribution in [-0.2, 0) is 5.41 Å². The molecule has 0 radical (unpaired) electrons. The summed E-state index contributed by atoms with van der Waals surface area (Å²) in [7, 11) is 0. The minimum atomic E-state index is -0.791. The van der Waals surface area contributed by atoms with Crippen molar-refractivity contribution in [2.24, 2.45) is 0 Å². The molecule has 222 valence electrons. The van der Waals surface area contributed by atoms with Crippen molar-refractivity contribution in [1.29, 1.82) is 0 Å². The smallest absolute Gasteiger partial charge is 0.123 e. The van der Waals surface area contributed by atoms with E-state index in [1.54, 1.807) is 12.1 Å². The highest BCUT2D eigenvalue weighted by molar-refractivity contribution is 6.01. The molecule has 0 amide bonds. The number of rotatable bonds is 4. The Morgan fingerprint density at radius 2 is 0.702 bits per heavy atom. The van der Waals surface area contributed by atoms with Gasteiger partial charge in [-0.05, 0) is 90.7 Å². The van der Waals surface area contributed by atoms with Gasteiger partial charge in [-0.1, -0.05) is 146 Å². The molecule has 1 aliphatic rings. The molecule has 1 aliphatic carbocycles. The number of benzene rings is 8. The maximum Gasteiger partial charge on any atom is 0.123 e. The van der Waals surface area contributed by atoms with E-state index in [-0.39, 0.29) is 11.5 Å². The van der Waals surface area contributed by atoms with Gasteiger partial charge in [0.2, 0.25) is 0 Å². The highest BCUT2D eigenvalue weighted by Crippen LogP contribution is 2.60. The highest BCUT2D eigenvalue weighted by atomic mass is 16.3. The maximum atomic E-state index is 11.1. The number of aromatic hydroxyl groups is 2. The SMILES string of the molecule is Oc1cccc2c(C3(c4cccc5c(O)cccc45)c4cc(-c5ccccc5)ccc4-c4ccc(-c5ccccc5)cc43)cccc12. The molecule has 0 spiro atoms. The predicted molar refractivity (Wildman–Crippen MR) is 193 cm³/mol. The van der Waals surface area contributed by atoms with E-state index < -0.39 is 5.41 Å². The first-order chi connectivity index (χ1) is 23.1. The minimum Gasteiger partial charge on any atom is -0.507 e. The zero-order valence-corrected chi connectivity index (χ0v) is 25.6. The molecule has 0 atom stereocenters. The van der Waals surface area contributed by atoms with E-state index in [2.05, 4.69) is 121 Å². The quantitative estimate of drug-likeness (QED) is 0.210. The van der Waals surface area contributed by atoms with Crippen LogP contribution in [0.25, 0.3) is 54.9 Å². The molecule has 0 bridgehead atoms. The number of phenolic OH excluding ortho intramolecular Hbond substituents is 2. The van der Waals surface area contributed by atoms with Crippen molar-refractivity contribution in [3.63, 3.8) is 0 Å². The molecular weight excluding hydrogens is 572 g/mol. The Labute approximate surface area is 273 Å². The van der Waals surface area contributed by atoms with Crippen LogP contribution in [0.5, 0.6) is 11.5 Å². The van der Waals surface area contributed by atoms with E-state index in [1.165, 1.54) is 22.3 Å². The third kappa shape index (κ3) is 3.98. The van der Waals surface area contributed by atoms with Crippen molar-refractivity contribution in [3.8, 4) is 44.9 Å². The normalized spacial score (nSPS) is 13.0. The van der Waals surface area contributed by atoms with Gasteiger partial charge in [0, 0.05) is 10.8 Å². The summed E-state index contributed by atoms with van der Waals surface area (Å²) in [6.45, 7) is 0. The first-order valence-corrected chi connectivity index (χ1v) is 16.0. The first-order valence-electron chi connectivity index (χ1n) is 16.0. The van der Waals surface area contributed by atoms with Gasteiger partial charge in [0.1, 0.15) is 11.5 Å². The molecule has 0 aromatic heterocycles. The lowest BCUT2D eigenvalue weighted by molar-refractivity contribution is 0.481. The van der Waals surface area contributed by atoms with E-state index >= 15 is 0 Å². The van der Waals surface area contributed by atoms with Crippen molar-refractivity contribution in [3.05, 3.63) is 192 Å². The van der Waals surface area contributed by atoms with Crippen LogP contribution in [0.15, 0.2) is 170 Å². The molecule has 47 heavy (non-hydrogen) atoms. The van der Waals surface area contributed by atoms with Gasteiger partial charge in [-0.25, -0.2) is 0 Å². The van der Waals surface area contributed by atoms with E-state index in [4.69, 9.17) is 0 Å². The molecule has 0 fully saturated rings. The Hall–Kier alpha value is -6.12. The fourth-order valence-corrected chi connectivity index (χ4v) is 7.91. The number of fused-ring (bicyclic) bond motifs is 5. The van der Waals surface area contributed by atoms with Crippen LogP contribution in [-0.4, -0.2) is 10.2 Å². The molecule has 8 aromatic rings. The molecule has 2 heteroatoms. The molecule has 0 saturated heterocycles. The second-order valence-corrected chi connectivity index (χ2v) is 12.4. The van der Waals surface area contributed by atoms with Crippen molar-refractivity contribution in [2.75, 3.05) is 0 Å². The van der Waals surface area contributed by atoms with E-state index in [0.29, 0.717) is 0 Å². The van der Waals surface area contributed by atoms with Gasteiger partial charge in [-0.2, -0.15) is 0 Å². The van der Waals surface area contributed by atoms with Crippen LogP contribution in [0.4, 0.5) is 0 Å². The molecular formula is C45H30O2. The van der Waals surface area contributed by atoms with E-state index in [9.17, 15) is 10.2 Å². The summed E-state index contributed by atoms with van der Waals surface area (Å²) in [5.74, 6) is 0.508. The minimum absolute atomic E-state index is 0.254. The summed E-state index contributed by atoms with van der Waals surface area (Å²) < 4.78 is 0. The summed E-state index contributed by atoms with van der Waals surface area (Å²) >= 11 is 0. The maximum absolute atomic E-state index is 11.1. The third-order valence-corrected chi connectivity index (χ3v) is 9.96. The van der Waals surface area contributed by atoms with Gasteiger partial charge in [-0.15, -0.1) is 0 Å². The lowest BCUT2D eigenvalue weighted by Crippen LogP contribution is -2.29. The number of hydrogen-bond acceptors (Lipinski definition) is 2. The van der Waals surface area contributed by atoms with Crippen LogP contribution in [0, 0.1) is 0 Å². The summed E-state index contributed by atoms with van der Waals surface area (Å²) in [4.78, 5) is 0. The van der Waals surface area contributed by atoms with Gasteiger partial charge >= 0.3 is 0 Å². The largest absolute Gasteiger partial charge is 0.507 e. The topological polar surface area (TPSA) is 40.5 Å². The average molecular weight is 603 g/mol. The Morgan fingerprint density at radius 1 is 0.298 bits per heavy atom. The lowest BCUT2D eigenvalue weighted by Gasteiger charge is -2.36. The average Bonchev–Trinajstić information content (AvgIpc) is 3.42. The Balaban J connectivity index is 1.50. The van der Waals surface area contributed by atoms with Crippen molar-refractivity contribution < 1.29 is 10.2 Å². The second kappa shape index (κ2) is 10.5. The lowest BCUT2D eigenvalue weighted by atomic mass is 9.65. The number of hydrogen-bond donors (Lipinski definition) is 2. The zero-order chi connectivity index (χ0) is 31.5. The standard InChI is InChI=1S/C45H30O2/c46-43-21-9-15-33-37(43)17-7-19-39(33)45(40-20-8-18-38-34(40)16-10-22-44(38)47)41-27-31(29-11-3-1-4-12-29)23-25-35(41)36-26-24-32(28-42(36)45)30-13-5-2-6-14-30/h1-28,46-47H. The Bertz CT molecular complexity index is 2300. The molecule has 0 aliphatic heterocycles. The van der Waals surface area contributed by atoms with Gasteiger partial charge in [0.15, 0.2) is 0 Å². The second-order valence-electron chi connectivity index (χ2n) is 12.4. The predicted octanol–water partition coefficient (Wildman–Crippen LogP) is 11.1. The molecule has 0 unspecified atom stereocenters. The van der Waals surface area contributed by atoms with Crippen molar-refractivity contribution in [2.45, 2.75) is 5.41 Å². The van der Waals surface area contributed by atoms with E-state index in [0.717, 1.165) is 54.9 Å². The Kier molecular flexibility index (Phi) is 6.06. The van der Waals surface area contributed by atoms with Crippen molar-refractivity contribution >= 4 is 21.5 Å². The van der Waals surface area contributed by atoms with Crippen LogP contribution < -0.4 is 0 Å². The van der Waals surface area contributed by atoms with Gasteiger partial charge in [-0.3, -0.25) is 0 Å². The van der Waals surface area contributed by atoms with Gasteiger partial charge < -0.3 is 10.2 Å². The van der Waals surface area contributed by atoms with Crippen LogP contribution in [0.3, 0.4) is 0 Å². The fourth-order valence-electron chi connectivity index (χ4n) is 7.91. The zero-order valence-electron chi connectivity index (χ0n) is 25.6. The van der Waals surface area contributed by atoms with Crippen molar-refractivity contribution in [1.82, 2.24) is 0 Å². The number of phenols is 2. The molecule has 8 aromatic carbocycles. The molecule has 0 heterocycles. The third-order valence-electron chi connectivity index (χ3n) is 9.96. The first kappa shape index (κ1) is 27.2. The summed E-state index contributed by atoms with van der Waals surface area (Å²) in [5.41, 5.74) is 10.6. The summed E-state index contributed by atoms with van der Waals surface area (Å²) in [5, 5.41) is 25.9.